The van der Waals surface area contributed by atoms with Crippen molar-refractivity contribution in [3.8, 4) is 0 Å². The average Bonchev–Trinajstić information content (AvgIpc) is 2.45. The summed E-state index contributed by atoms with van der Waals surface area (Å²) in [5.41, 5.74) is 0.853. The second-order valence-corrected chi connectivity index (χ2v) is 4.92. The molecule has 112 valence electrons. The Balaban J connectivity index is 2.77. The fraction of sp³-hybridized carbons (Fsp3) is 0.533. The Morgan fingerprint density at radius 1 is 1.30 bits per heavy atom. The van der Waals surface area contributed by atoms with Crippen LogP contribution in [0.3, 0.4) is 0 Å². The van der Waals surface area contributed by atoms with Gasteiger partial charge in [-0.3, -0.25) is 4.79 Å². The first kappa shape index (κ1) is 16.6. The number of alkyl halides is 2. The van der Waals surface area contributed by atoms with Crippen molar-refractivity contribution in [2.24, 2.45) is 5.92 Å². The number of nitrogens with one attached hydrogen (secondary N) is 1. The number of aliphatic hydroxyl groups is 1. The summed E-state index contributed by atoms with van der Waals surface area (Å²) in [6.07, 6.45) is -3.88. The van der Waals surface area contributed by atoms with Crippen molar-refractivity contribution in [3.05, 3.63) is 35.9 Å². The standard InChI is InChI=1S/C15H21F2NO2/c1-3-10(2)13(11-7-5-4-6-8-11)15(20)18-9-12(19)14(16)17/h4-8,10,12-14,19H,3,9H2,1-2H3,(H,18,20). The van der Waals surface area contributed by atoms with E-state index in [9.17, 15) is 13.6 Å². The van der Waals surface area contributed by atoms with Crippen molar-refractivity contribution in [1.29, 1.82) is 0 Å². The van der Waals surface area contributed by atoms with Gasteiger partial charge >= 0.3 is 0 Å². The minimum atomic E-state index is -2.85. The van der Waals surface area contributed by atoms with Crippen LogP contribution in [0.5, 0.6) is 0 Å². The highest BCUT2D eigenvalue weighted by atomic mass is 19.3. The van der Waals surface area contributed by atoms with E-state index in [0.29, 0.717) is 0 Å². The van der Waals surface area contributed by atoms with Crippen molar-refractivity contribution >= 4 is 5.91 Å². The molecule has 0 aliphatic carbocycles. The van der Waals surface area contributed by atoms with Gasteiger partial charge in [-0.15, -0.1) is 0 Å². The Kier molecular flexibility index (Phi) is 6.58. The number of carbonyl (C=O) groups is 1. The van der Waals surface area contributed by atoms with E-state index in [1.54, 1.807) is 0 Å². The van der Waals surface area contributed by atoms with Crippen LogP contribution in [-0.4, -0.2) is 30.1 Å². The molecule has 3 unspecified atom stereocenters. The zero-order chi connectivity index (χ0) is 15.1. The second kappa shape index (κ2) is 7.94. The van der Waals surface area contributed by atoms with Gasteiger partial charge in [0.15, 0.2) is 0 Å². The Morgan fingerprint density at radius 3 is 2.40 bits per heavy atom. The molecule has 0 spiro atoms. The van der Waals surface area contributed by atoms with Gasteiger partial charge < -0.3 is 10.4 Å². The van der Waals surface area contributed by atoms with Gasteiger partial charge in [0.1, 0.15) is 6.10 Å². The lowest BCUT2D eigenvalue weighted by atomic mass is 9.85. The predicted molar refractivity (Wildman–Crippen MR) is 73.7 cm³/mol. The zero-order valence-electron chi connectivity index (χ0n) is 11.7. The van der Waals surface area contributed by atoms with Gasteiger partial charge in [0, 0.05) is 6.54 Å². The van der Waals surface area contributed by atoms with Gasteiger partial charge in [0.25, 0.3) is 6.43 Å². The molecule has 1 aromatic rings. The molecule has 0 bridgehead atoms. The summed E-state index contributed by atoms with van der Waals surface area (Å²) in [4.78, 5) is 12.2. The van der Waals surface area contributed by atoms with Crippen LogP contribution in [0.25, 0.3) is 0 Å². The highest BCUT2D eigenvalue weighted by molar-refractivity contribution is 5.84. The number of benzene rings is 1. The molecule has 0 aliphatic rings. The highest BCUT2D eigenvalue weighted by Gasteiger charge is 2.27. The Bertz CT molecular complexity index is 412. The number of carbonyl (C=O) groups excluding carboxylic acids is 1. The fourth-order valence-corrected chi connectivity index (χ4v) is 2.04. The summed E-state index contributed by atoms with van der Waals surface area (Å²) in [6.45, 7) is 3.49. The number of amides is 1. The monoisotopic (exact) mass is 285 g/mol. The van der Waals surface area contributed by atoms with Crippen LogP contribution in [0, 0.1) is 5.92 Å². The molecule has 0 saturated carbocycles. The van der Waals surface area contributed by atoms with Gasteiger partial charge in [-0.05, 0) is 11.5 Å². The molecule has 0 aliphatic heterocycles. The maximum absolute atomic E-state index is 12.2. The third-order valence-corrected chi connectivity index (χ3v) is 3.43. The van der Waals surface area contributed by atoms with E-state index in [1.165, 1.54) is 0 Å². The zero-order valence-corrected chi connectivity index (χ0v) is 11.7. The molecule has 20 heavy (non-hydrogen) atoms. The van der Waals surface area contributed by atoms with Crippen LogP contribution in [0.15, 0.2) is 30.3 Å². The Labute approximate surface area is 118 Å². The minimum Gasteiger partial charge on any atom is -0.385 e. The van der Waals surface area contributed by atoms with Gasteiger partial charge in [-0.25, -0.2) is 8.78 Å². The molecular formula is C15H21F2NO2. The molecule has 0 heterocycles. The number of hydrogen-bond donors (Lipinski definition) is 2. The summed E-state index contributed by atoms with van der Waals surface area (Å²) in [5.74, 6) is -0.641. The minimum absolute atomic E-state index is 0.0843. The summed E-state index contributed by atoms with van der Waals surface area (Å²) in [7, 11) is 0. The van der Waals surface area contributed by atoms with Crippen LogP contribution >= 0.6 is 0 Å². The average molecular weight is 285 g/mol. The normalized spacial score (nSPS) is 15.7. The second-order valence-electron chi connectivity index (χ2n) is 4.92. The van der Waals surface area contributed by atoms with E-state index < -0.39 is 25.0 Å². The first-order valence-corrected chi connectivity index (χ1v) is 6.76. The SMILES string of the molecule is CCC(C)C(C(=O)NCC(O)C(F)F)c1ccccc1. The van der Waals surface area contributed by atoms with Crippen LogP contribution in [-0.2, 0) is 4.79 Å². The van der Waals surface area contributed by atoms with Gasteiger partial charge in [-0.2, -0.15) is 0 Å². The lowest BCUT2D eigenvalue weighted by molar-refractivity contribution is -0.124. The van der Waals surface area contributed by atoms with Gasteiger partial charge in [0.05, 0.1) is 5.92 Å². The van der Waals surface area contributed by atoms with E-state index in [2.05, 4.69) is 5.32 Å². The smallest absolute Gasteiger partial charge is 0.265 e. The molecule has 0 radical (unpaired) electrons. The molecule has 3 atom stereocenters. The first-order chi connectivity index (χ1) is 9.47. The van der Waals surface area contributed by atoms with Gasteiger partial charge in [-0.1, -0.05) is 50.6 Å². The Morgan fingerprint density at radius 2 is 1.90 bits per heavy atom. The highest BCUT2D eigenvalue weighted by Crippen LogP contribution is 2.27. The number of rotatable bonds is 7. The number of halogens is 2. The summed E-state index contributed by atoms with van der Waals surface area (Å²) in [6, 6.07) is 9.23. The van der Waals surface area contributed by atoms with E-state index >= 15 is 0 Å². The third-order valence-electron chi connectivity index (χ3n) is 3.43. The molecule has 0 fully saturated rings. The molecule has 1 aromatic carbocycles. The van der Waals surface area contributed by atoms with Crippen molar-refractivity contribution in [3.63, 3.8) is 0 Å². The third kappa shape index (κ3) is 4.56. The van der Waals surface area contributed by atoms with Gasteiger partial charge in [0.2, 0.25) is 5.91 Å². The van der Waals surface area contributed by atoms with E-state index in [4.69, 9.17) is 5.11 Å². The quantitative estimate of drug-likeness (QED) is 0.809. The fourth-order valence-electron chi connectivity index (χ4n) is 2.04. The summed E-state index contributed by atoms with van der Waals surface area (Å²) < 4.78 is 24.5. The number of aliphatic hydroxyl groups excluding tert-OH is 1. The molecular weight excluding hydrogens is 264 g/mol. The van der Waals surface area contributed by atoms with Crippen LogP contribution in [0.1, 0.15) is 31.7 Å². The van der Waals surface area contributed by atoms with Crippen molar-refractivity contribution in [1.82, 2.24) is 5.32 Å². The largest absolute Gasteiger partial charge is 0.385 e. The molecule has 1 amide bonds. The predicted octanol–water partition coefficient (Wildman–Crippen LogP) is 2.56. The topological polar surface area (TPSA) is 49.3 Å². The van der Waals surface area contributed by atoms with Crippen LogP contribution in [0.2, 0.25) is 0 Å². The molecule has 1 rings (SSSR count). The van der Waals surface area contributed by atoms with Crippen molar-refractivity contribution < 1.29 is 18.7 Å². The van der Waals surface area contributed by atoms with Crippen molar-refractivity contribution in [2.75, 3.05) is 6.54 Å². The summed E-state index contributed by atoms with van der Waals surface area (Å²) >= 11 is 0. The molecule has 2 N–H and O–H groups in total. The van der Waals surface area contributed by atoms with E-state index in [1.807, 2.05) is 44.2 Å². The molecule has 0 aromatic heterocycles. The number of hydrogen-bond acceptors (Lipinski definition) is 2. The lowest BCUT2D eigenvalue weighted by Gasteiger charge is -2.23. The Hall–Kier alpha value is -1.49. The molecule has 0 saturated heterocycles. The van der Waals surface area contributed by atoms with Crippen LogP contribution < -0.4 is 5.32 Å². The molecule has 5 heteroatoms. The van der Waals surface area contributed by atoms with E-state index in [0.717, 1.165) is 12.0 Å². The van der Waals surface area contributed by atoms with E-state index in [-0.39, 0.29) is 11.8 Å². The summed E-state index contributed by atoms with van der Waals surface area (Å²) in [5, 5.41) is 11.5. The lowest BCUT2D eigenvalue weighted by Crippen LogP contribution is -2.39. The first-order valence-electron chi connectivity index (χ1n) is 6.76. The maximum atomic E-state index is 12.2. The van der Waals surface area contributed by atoms with Crippen LogP contribution in [0.4, 0.5) is 8.78 Å². The van der Waals surface area contributed by atoms with Crippen molar-refractivity contribution in [2.45, 2.75) is 38.7 Å². The molecule has 3 nitrogen and oxygen atoms in total. The maximum Gasteiger partial charge on any atom is 0.265 e.